The lowest BCUT2D eigenvalue weighted by Gasteiger charge is -2.17. The standard InChI is InChI=1S/C21H20Cl2FN3O3S/c1-12(19(28)25-17-7-5-14(24)11-16(17)23)31-21-26-18-10-13(22)4-6-15(18)20(29)27(21)8-3-9-30-2/h4-7,10-12H,3,8-9H2,1-2H3,(H,25,28). The molecule has 3 rings (SSSR count). The number of carbonyl (C=O) groups is 1. The molecule has 1 aromatic heterocycles. The van der Waals surface area contributed by atoms with Crippen molar-refractivity contribution in [1.29, 1.82) is 0 Å². The number of amides is 1. The number of ether oxygens (including phenoxy) is 1. The zero-order chi connectivity index (χ0) is 22.5. The number of nitrogens with one attached hydrogen (secondary N) is 1. The highest BCUT2D eigenvalue weighted by molar-refractivity contribution is 8.00. The minimum absolute atomic E-state index is 0.0977. The predicted molar refractivity (Wildman–Crippen MR) is 123 cm³/mol. The maximum atomic E-state index is 13.2. The molecule has 1 unspecified atom stereocenters. The first-order chi connectivity index (χ1) is 14.8. The number of halogens is 3. The van der Waals surface area contributed by atoms with E-state index in [-0.39, 0.29) is 16.5 Å². The number of thioether (sulfide) groups is 1. The first-order valence-electron chi connectivity index (χ1n) is 9.41. The smallest absolute Gasteiger partial charge is 0.262 e. The van der Waals surface area contributed by atoms with Crippen molar-refractivity contribution >= 4 is 57.5 Å². The second kappa shape index (κ2) is 10.5. The lowest BCUT2D eigenvalue weighted by molar-refractivity contribution is -0.115. The number of carbonyl (C=O) groups excluding carboxylic acids is 1. The summed E-state index contributed by atoms with van der Waals surface area (Å²) in [4.78, 5) is 30.3. The summed E-state index contributed by atoms with van der Waals surface area (Å²) in [6.45, 7) is 2.55. The molecule has 1 atom stereocenters. The SMILES string of the molecule is COCCCn1c(SC(C)C(=O)Nc2ccc(F)cc2Cl)nc2cc(Cl)ccc2c1=O. The number of hydrogen-bond acceptors (Lipinski definition) is 5. The van der Waals surface area contributed by atoms with Gasteiger partial charge in [-0.05, 0) is 49.7 Å². The van der Waals surface area contributed by atoms with Gasteiger partial charge >= 0.3 is 0 Å². The minimum atomic E-state index is -0.613. The van der Waals surface area contributed by atoms with Crippen LogP contribution in [0.2, 0.25) is 10.0 Å². The molecule has 0 saturated heterocycles. The molecule has 164 valence electrons. The number of methoxy groups -OCH3 is 1. The summed E-state index contributed by atoms with van der Waals surface area (Å²) in [5.74, 6) is -0.855. The summed E-state index contributed by atoms with van der Waals surface area (Å²) in [7, 11) is 1.59. The quantitative estimate of drug-likeness (QED) is 0.277. The Labute approximate surface area is 192 Å². The first-order valence-corrected chi connectivity index (χ1v) is 11.1. The second-order valence-electron chi connectivity index (χ2n) is 6.73. The Hall–Kier alpha value is -2.13. The second-order valence-corrected chi connectivity index (χ2v) is 8.88. The number of nitrogens with zero attached hydrogens (tertiary/aromatic N) is 2. The van der Waals surface area contributed by atoms with Gasteiger partial charge in [0.2, 0.25) is 5.91 Å². The maximum absolute atomic E-state index is 13.2. The van der Waals surface area contributed by atoms with Gasteiger partial charge in [-0.2, -0.15) is 0 Å². The fraction of sp³-hybridized carbons (Fsp3) is 0.286. The van der Waals surface area contributed by atoms with Gasteiger partial charge in [0.1, 0.15) is 5.82 Å². The Morgan fingerprint density at radius 3 is 2.77 bits per heavy atom. The molecule has 0 radical (unpaired) electrons. The number of benzene rings is 2. The summed E-state index contributed by atoms with van der Waals surface area (Å²) >= 11 is 13.2. The molecule has 0 aliphatic heterocycles. The van der Waals surface area contributed by atoms with Crippen LogP contribution >= 0.6 is 35.0 Å². The Morgan fingerprint density at radius 1 is 1.29 bits per heavy atom. The number of anilines is 1. The lowest BCUT2D eigenvalue weighted by Crippen LogP contribution is -2.27. The summed E-state index contributed by atoms with van der Waals surface area (Å²) in [6.07, 6.45) is 0.608. The lowest BCUT2D eigenvalue weighted by atomic mass is 10.2. The van der Waals surface area contributed by atoms with Gasteiger partial charge in [0.15, 0.2) is 5.16 Å². The molecule has 0 bridgehead atoms. The van der Waals surface area contributed by atoms with Gasteiger partial charge in [-0.25, -0.2) is 9.37 Å². The molecule has 1 N–H and O–H groups in total. The third kappa shape index (κ3) is 5.77. The Morgan fingerprint density at radius 2 is 2.06 bits per heavy atom. The molecule has 1 amide bonds. The van der Waals surface area contributed by atoms with E-state index in [9.17, 15) is 14.0 Å². The normalized spacial score (nSPS) is 12.2. The average Bonchev–Trinajstić information content (AvgIpc) is 2.72. The average molecular weight is 484 g/mol. The molecule has 3 aromatic rings. The molecule has 0 aliphatic carbocycles. The number of rotatable bonds is 8. The van der Waals surface area contributed by atoms with Gasteiger partial charge in [0, 0.05) is 25.3 Å². The van der Waals surface area contributed by atoms with Gasteiger partial charge in [0.05, 0.1) is 26.9 Å². The first kappa shape index (κ1) is 23.5. The Kier molecular flexibility index (Phi) is 7.94. The van der Waals surface area contributed by atoms with E-state index in [0.717, 1.165) is 17.8 Å². The summed E-state index contributed by atoms with van der Waals surface area (Å²) in [5, 5.41) is 3.46. The molecule has 6 nitrogen and oxygen atoms in total. The minimum Gasteiger partial charge on any atom is -0.385 e. The highest BCUT2D eigenvalue weighted by atomic mass is 35.5. The van der Waals surface area contributed by atoms with Crippen LogP contribution in [0, 0.1) is 5.82 Å². The van der Waals surface area contributed by atoms with Crippen molar-refractivity contribution in [2.24, 2.45) is 0 Å². The highest BCUT2D eigenvalue weighted by Crippen LogP contribution is 2.27. The summed E-state index contributed by atoms with van der Waals surface area (Å²) in [5.41, 5.74) is 0.544. The van der Waals surface area contributed by atoms with Gasteiger partial charge < -0.3 is 10.1 Å². The fourth-order valence-electron chi connectivity index (χ4n) is 2.86. The zero-order valence-electron chi connectivity index (χ0n) is 16.8. The van der Waals surface area contributed by atoms with E-state index < -0.39 is 11.1 Å². The van der Waals surface area contributed by atoms with E-state index in [1.807, 2.05) is 0 Å². The van der Waals surface area contributed by atoms with Gasteiger partial charge in [-0.1, -0.05) is 35.0 Å². The van der Waals surface area contributed by atoms with Crippen molar-refractivity contribution in [3.63, 3.8) is 0 Å². The van der Waals surface area contributed by atoms with Crippen molar-refractivity contribution in [2.45, 2.75) is 30.3 Å². The third-order valence-corrected chi connectivity index (χ3v) is 6.09. The van der Waals surface area contributed by atoms with Crippen LogP contribution < -0.4 is 10.9 Å². The van der Waals surface area contributed by atoms with Crippen molar-refractivity contribution in [2.75, 3.05) is 19.0 Å². The van der Waals surface area contributed by atoms with Crippen molar-refractivity contribution in [3.8, 4) is 0 Å². The van der Waals surface area contributed by atoms with Crippen LogP contribution in [0.15, 0.2) is 46.3 Å². The van der Waals surface area contributed by atoms with Crippen molar-refractivity contribution in [1.82, 2.24) is 9.55 Å². The topological polar surface area (TPSA) is 73.2 Å². The van der Waals surface area contributed by atoms with Gasteiger partial charge in [-0.3, -0.25) is 14.2 Å². The monoisotopic (exact) mass is 483 g/mol. The molecule has 0 spiro atoms. The molecule has 0 saturated carbocycles. The van der Waals surface area contributed by atoms with E-state index in [1.165, 1.54) is 16.7 Å². The van der Waals surface area contributed by atoms with Crippen LogP contribution in [0.3, 0.4) is 0 Å². The van der Waals surface area contributed by atoms with E-state index in [4.69, 9.17) is 27.9 Å². The third-order valence-electron chi connectivity index (χ3n) is 4.45. The maximum Gasteiger partial charge on any atom is 0.262 e. The molecule has 1 heterocycles. The van der Waals surface area contributed by atoms with Crippen LogP contribution in [-0.2, 0) is 16.1 Å². The zero-order valence-corrected chi connectivity index (χ0v) is 19.2. The highest BCUT2D eigenvalue weighted by Gasteiger charge is 2.20. The number of aromatic nitrogens is 2. The van der Waals surface area contributed by atoms with Crippen molar-refractivity contribution in [3.05, 3.63) is 62.6 Å². The van der Waals surface area contributed by atoms with Crippen LogP contribution in [0.1, 0.15) is 13.3 Å². The van der Waals surface area contributed by atoms with E-state index in [1.54, 1.807) is 32.2 Å². The number of fused-ring (bicyclic) bond motifs is 1. The van der Waals surface area contributed by atoms with E-state index in [2.05, 4.69) is 10.3 Å². The van der Waals surface area contributed by atoms with Crippen LogP contribution in [-0.4, -0.2) is 34.4 Å². The fourth-order valence-corrected chi connectivity index (χ4v) is 4.18. The van der Waals surface area contributed by atoms with E-state index in [0.29, 0.717) is 46.3 Å². The molecule has 31 heavy (non-hydrogen) atoms. The van der Waals surface area contributed by atoms with E-state index >= 15 is 0 Å². The molecule has 10 heteroatoms. The number of hydrogen-bond donors (Lipinski definition) is 1. The summed E-state index contributed by atoms with van der Waals surface area (Å²) in [6, 6.07) is 8.62. The largest absolute Gasteiger partial charge is 0.385 e. The molecule has 2 aromatic carbocycles. The molecule has 0 aliphatic rings. The van der Waals surface area contributed by atoms with Gasteiger partial charge in [0.25, 0.3) is 5.56 Å². The van der Waals surface area contributed by atoms with Crippen molar-refractivity contribution < 1.29 is 13.9 Å². The van der Waals surface area contributed by atoms with Gasteiger partial charge in [-0.15, -0.1) is 0 Å². The predicted octanol–water partition coefficient (Wildman–Crippen LogP) is 5.00. The van der Waals surface area contributed by atoms with Crippen LogP contribution in [0.4, 0.5) is 10.1 Å². The Balaban J connectivity index is 1.89. The molecular weight excluding hydrogens is 464 g/mol. The molecule has 0 fully saturated rings. The Bertz CT molecular complexity index is 1170. The van der Waals surface area contributed by atoms with Crippen LogP contribution in [0.5, 0.6) is 0 Å². The molecular formula is C21H20Cl2FN3O3S. The summed E-state index contributed by atoms with van der Waals surface area (Å²) < 4.78 is 19.9. The van der Waals surface area contributed by atoms with Crippen LogP contribution in [0.25, 0.3) is 10.9 Å².